The van der Waals surface area contributed by atoms with Crippen LogP contribution in [0.4, 0.5) is 0 Å². The molecule has 0 aliphatic heterocycles. The van der Waals surface area contributed by atoms with Crippen LogP contribution in [0.3, 0.4) is 0 Å². The van der Waals surface area contributed by atoms with Crippen molar-refractivity contribution in [3.63, 3.8) is 0 Å². The second-order valence-corrected chi connectivity index (χ2v) is 6.20. The number of aryl methyl sites for hydroxylation is 2. The van der Waals surface area contributed by atoms with E-state index in [-0.39, 0.29) is 22.8 Å². The lowest BCUT2D eigenvalue weighted by Crippen LogP contribution is -3.00. The number of benzene rings is 1. The zero-order valence-corrected chi connectivity index (χ0v) is 15.1. The highest BCUT2D eigenvalue weighted by Crippen LogP contribution is 2.22. The second-order valence-electron chi connectivity index (χ2n) is 4.23. The third kappa shape index (κ3) is 5.04. The van der Waals surface area contributed by atoms with Crippen LogP contribution in [0.1, 0.15) is 21.9 Å². The van der Waals surface area contributed by atoms with Crippen LogP contribution >= 0.6 is 27.7 Å². The maximum Gasteiger partial charge on any atom is 0.327 e. The van der Waals surface area contributed by atoms with Crippen molar-refractivity contribution >= 4 is 33.5 Å². The van der Waals surface area contributed by atoms with Gasteiger partial charge in [0.25, 0.3) is 0 Å². The molecule has 0 N–H and O–H groups in total. The molecular weight excluding hydrogens is 404 g/mol. The first-order valence-electron chi connectivity index (χ1n) is 5.87. The lowest BCUT2D eigenvalue weighted by Gasteiger charge is -2.01. The lowest BCUT2D eigenvalue weighted by atomic mass is 10.2. The molecule has 0 radical (unpaired) electrons. The third-order valence-corrected chi connectivity index (χ3v) is 4.05. The Labute approximate surface area is 141 Å². The molecule has 0 bridgehead atoms. The van der Waals surface area contributed by atoms with Gasteiger partial charge in [-0.25, -0.2) is 4.42 Å². The molecule has 0 aliphatic rings. The molecule has 1 aromatic carbocycles. The van der Waals surface area contributed by atoms with Crippen molar-refractivity contribution in [1.82, 2.24) is 0 Å². The summed E-state index contributed by atoms with van der Waals surface area (Å²) >= 11 is 4.89. The number of rotatable bonds is 4. The van der Waals surface area contributed by atoms with Gasteiger partial charge in [0.05, 0.1) is 31.7 Å². The van der Waals surface area contributed by atoms with E-state index < -0.39 is 0 Å². The van der Waals surface area contributed by atoms with E-state index >= 15 is 0 Å². The minimum Gasteiger partial charge on any atom is -1.00 e. The monoisotopic (exact) mass is 416 g/mol. The molecule has 0 unspecified atom stereocenters. The predicted octanol–water partition coefficient (Wildman–Crippen LogP) is 1.92. The van der Waals surface area contributed by atoms with E-state index in [1.807, 2.05) is 50.2 Å². The Hall–Kier alpha value is -0.650. The Morgan fingerprint density at radius 2 is 1.70 bits per heavy atom. The van der Waals surface area contributed by atoms with Crippen LogP contribution < -0.4 is 17.0 Å². The molecule has 0 saturated carbocycles. The van der Waals surface area contributed by atoms with Gasteiger partial charge in [0, 0.05) is 14.9 Å². The van der Waals surface area contributed by atoms with Crippen molar-refractivity contribution in [3.05, 3.63) is 58.0 Å². The van der Waals surface area contributed by atoms with Crippen molar-refractivity contribution in [3.8, 4) is 0 Å². The molecule has 0 aliphatic carbocycles. The summed E-state index contributed by atoms with van der Waals surface area (Å²) in [6, 6.07) is 11.3. The molecule has 2 nitrogen and oxygen atoms in total. The average molecular weight is 418 g/mol. The zero-order valence-electron chi connectivity index (χ0n) is 11.2. The molecule has 20 heavy (non-hydrogen) atoms. The third-order valence-electron chi connectivity index (χ3n) is 2.55. The van der Waals surface area contributed by atoms with E-state index in [0.29, 0.717) is 5.75 Å². The number of hydrogen-bond acceptors (Lipinski definition) is 2. The van der Waals surface area contributed by atoms with E-state index in [2.05, 4.69) is 15.9 Å². The van der Waals surface area contributed by atoms with E-state index in [4.69, 9.17) is 4.42 Å². The van der Waals surface area contributed by atoms with Crippen LogP contribution in [0, 0.1) is 13.8 Å². The summed E-state index contributed by atoms with van der Waals surface area (Å²) in [5.74, 6) is 2.29. The Bertz CT molecular complexity index is 577. The fourth-order valence-corrected chi connectivity index (χ4v) is 2.93. The summed E-state index contributed by atoms with van der Waals surface area (Å²) in [6.07, 6.45) is 0. The van der Waals surface area contributed by atoms with Crippen molar-refractivity contribution in [2.24, 2.45) is 0 Å². The number of Topliss-reactive ketones (excluding diaryl/α,β-unsaturated/α-hetero) is 1. The number of ketones is 1. The minimum absolute atomic E-state index is 0. The van der Waals surface area contributed by atoms with Gasteiger partial charge in [0.2, 0.25) is 0 Å². The van der Waals surface area contributed by atoms with Crippen molar-refractivity contribution < 1.29 is 26.2 Å². The van der Waals surface area contributed by atoms with Gasteiger partial charge in [-0.05, 0) is 12.1 Å². The molecule has 2 rings (SSSR count). The van der Waals surface area contributed by atoms with E-state index in [1.54, 1.807) is 0 Å². The van der Waals surface area contributed by atoms with Gasteiger partial charge < -0.3 is 17.0 Å². The molecule has 106 valence electrons. The van der Waals surface area contributed by atoms with E-state index in [1.165, 1.54) is 11.8 Å². The van der Waals surface area contributed by atoms with Gasteiger partial charge in [-0.2, -0.15) is 0 Å². The normalized spacial score (nSPS) is 9.95. The van der Waals surface area contributed by atoms with Crippen LogP contribution in [-0.2, 0) is 0 Å². The predicted molar refractivity (Wildman–Crippen MR) is 81.8 cm³/mol. The molecule has 0 amide bonds. The summed E-state index contributed by atoms with van der Waals surface area (Å²) in [4.78, 5) is 13.1. The maximum atomic E-state index is 12.0. The largest absolute Gasteiger partial charge is 1.00 e. The van der Waals surface area contributed by atoms with Gasteiger partial charge in [-0.3, -0.25) is 4.79 Å². The van der Waals surface area contributed by atoms with Gasteiger partial charge in [-0.1, -0.05) is 28.1 Å². The Balaban J connectivity index is 0.00000200. The zero-order chi connectivity index (χ0) is 13.8. The molecular formula is C15H14Br2O2S. The molecule has 5 heteroatoms. The first kappa shape index (κ1) is 17.4. The highest BCUT2D eigenvalue weighted by Gasteiger charge is 2.11. The van der Waals surface area contributed by atoms with Crippen LogP contribution in [0.25, 0.3) is 0 Å². The summed E-state index contributed by atoms with van der Waals surface area (Å²) in [5, 5.41) is 0. The standard InChI is InChI=1S/C15H14BrO2S.BrH/c1-10-7-14(8-11(2)18-10)19-9-15(17)12-3-5-13(16)6-4-12;/h3-8H,9H2,1-2H3;1H/q+1;/p-1. The molecule has 1 heterocycles. The summed E-state index contributed by atoms with van der Waals surface area (Å²) in [7, 11) is 0. The molecule has 1 aromatic heterocycles. The number of thioether (sulfide) groups is 1. The Kier molecular flexibility index (Phi) is 6.92. The number of carbonyl (C=O) groups excluding carboxylic acids is 1. The van der Waals surface area contributed by atoms with Crippen LogP contribution in [-0.4, -0.2) is 11.5 Å². The molecule has 2 aromatic rings. The number of carbonyl (C=O) groups is 1. The van der Waals surface area contributed by atoms with Crippen molar-refractivity contribution in [1.29, 1.82) is 0 Å². The molecule has 0 atom stereocenters. The number of hydrogen-bond donors (Lipinski definition) is 0. The SMILES string of the molecule is Cc1cc(SCC(=O)c2ccc(Br)cc2)cc(C)[o+]1.[Br-]. The average Bonchev–Trinajstić information content (AvgIpc) is 2.36. The van der Waals surface area contributed by atoms with Gasteiger partial charge in [-0.15, -0.1) is 11.8 Å². The maximum absolute atomic E-state index is 12.0. The van der Waals surface area contributed by atoms with Crippen molar-refractivity contribution in [2.75, 3.05) is 5.75 Å². The quantitative estimate of drug-likeness (QED) is 0.432. The Morgan fingerprint density at radius 3 is 2.25 bits per heavy atom. The molecule has 0 saturated heterocycles. The fraction of sp³-hybridized carbons (Fsp3) is 0.200. The van der Waals surface area contributed by atoms with E-state index in [0.717, 1.165) is 26.5 Å². The van der Waals surface area contributed by atoms with Crippen LogP contribution in [0.2, 0.25) is 0 Å². The topological polar surface area (TPSA) is 28.4 Å². The first-order valence-corrected chi connectivity index (χ1v) is 7.65. The summed E-state index contributed by atoms with van der Waals surface area (Å²) < 4.78 is 6.40. The van der Waals surface area contributed by atoms with Gasteiger partial charge >= 0.3 is 11.5 Å². The Morgan fingerprint density at radius 1 is 1.15 bits per heavy atom. The molecule has 0 fully saturated rings. The summed E-state index contributed by atoms with van der Waals surface area (Å²) in [5.41, 5.74) is 0.741. The molecule has 0 spiro atoms. The highest BCUT2D eigenvalue weighted by molar-refractivity contribution is 9.10. The second kappa shape index (κ2) is 7.96. The van der Waals surface area contributed by atoms with Crippen LogP contribution in [0.5, 0.6) is 0 Å². The number of halogens is 2. The first-order chi connectivity index (χ1) is 9.04. The smallest absolute Gasteiger partial charge is 0.327 e. The van der Waals surface area contributed by atoms with Gasteiger partial charge in [0.1, 0.15) is 0 Å². The fourth-order valence-electron chi connectivity index (χ4n) is 1.71. The highest BCUT2D eigenvalue weighted by atomic mass is 79.9. The minimum atomic E-state index is 0. The van der Waals surface area contributed by atoms with Crippen molar-refractivity contribution in [2.45, 2.75) is 18.7 Å². The van der Waals surface area contributed by atoms with Crippen LogP contribution in [0.15, 0.2) is 50.2 Å². The lowest BCUT2D eigenvalue weighted by molar-refractivity contribution is -0.0000123. The van der Waals surface area contributed by atoms with E-state index in [9.17, 15) is 4.79 Å². The van der Waals surface area contributed by atoms with Gasteiger partial charge in [0.15, 0.2) is 5.78 Å². The summed E-state index contributed by atoms with van der Waals surface area (Å²) in [6.45, 7) is 3.82.